The van der Waals surface area contributed by atoms with Gasteiger partial charge in [0, 0.05) is 19.0 Å². The van der Waals surface area contributed by atoms with Crippen LogP contribution in [0.1, 0.15) is 42.4 Å². The number of nitrogens with one attached hydrogen (secondary N) is 1. The molecule has 234 valence electrons. The lowest BCUT2D eigenvalue weighted by molar-refractivity contribution is -0.140. The van der Waals surface area contributed by atoms with Crippen molar-refractivity contribution in [2.24, 2.45) is 0 Å². The first-order chi connectivity index (χ1) is 21.7. The lowest BCUT2D eigenvalue weighted by Gasteiger charge is -2.34. The van der Waals surface area contributed by atoms with Crippen LogP contribution in [0.5, 0.6) is 0 Å². The van der Waals surface area contributed by atoms with Gasteiger partial charge >= 0.3 is 0 Å². The Morgan fingerprint density at radius 2 is 1.49 bits per heavy atom. The molecule has 0 aromatic heterocycles. The Bertz CT molecular complexity index is 1690. The van der Waals surface area contributed by atoms with Crippen LogP contribution in [0.4, 0.5) is 10.1 Å². The molecule has 1 unspecified atom stereocenters. The zero-order chi connectivity index (χ0) is 31.8. The first-order valence-corrected chi connectivity index (χ1v) is 16.7. The van der Waals surface area contributed by atoms with Crippen LogP contribution in [0.2, 0.25) is 0 Å². The fourth-order valence-electron chi connectivity index (χ4n) is 5.74. The van der Waals surface area contributed by atoms with E-state index in [0.717, 1.165) is 41.1 Å². The number of rotatable bonds is 12. The molecule has 0 saturated heterocycles. The van der Waals surface area contributed by atoms with E-state index in [1.807, 2.05) is 43.3 Å². The largest absolute Gasteiger partial charge is 0.352 e. The molecule has 9 heteroatoms. The van der Waals surface area contributed by atoms with Crippen molar-refractivity contribution < 1.29 is 22.4 Å². The van der Waals surface area contributed by atoms with E-state index in [1.54, 1.807) is 48.5 Å². The van der Waals surface area contributed by atoms with Gasteiger partial charge < -0.3 is 10.2 Å². The molecule has 4 aromatic carbocycles. The molecule has 1 aliphatic rings. The molecule has 1 atom stereocenters. The SMILES string of the molecule is Cc1cccc(N(CC(=O)N(Cc2ccc(F)cc2)C(Cc2ccccc2)C(=O)NC2CCCC2)S(=O)(=O)c2ccccc2)c1. The summed E-state index contributed by atoms with van der Waals surface area (Å²) >= 11 is 0. The third kappa shape index (κ3) is 8.16. The van der Waals surface area contributed by atoms with Gasteiger partial charge in [-0.05, 0) is 72.9 Å². The van der Waals surface area contributed by atoms with Gasteiger partial charge in [0.2, 0.25) is 11.8 Å². The van der Waals surface area contributed by atoms with Crippen molar-refractivity contribution in [2.75, 3.05) is 10.8 Å². The number of sulfonamides is 1. The second-order valence-corrected chi connectivity index (χ2v) is 13.4. The summed E-state index contributed by atoms with van der Waals surface area (Å²) in [5, 5.41) is 3.15. The number of halogens is 1. The molecule has 45 heavy (non-hydrogen) atoms. The second-order valence-electron chi connectivity index (χ2n) is 11.5. The van der Waals surface area contributed by atoms with E-state index in [1.165, 1.54) is 29.2 Å². The van der Waals surface area contributed by atoms with Crippen LogP contribution in [0, 0.1) is 12.7 Å². The van der Waals surface area contributed by atoms with Gasteiger partial charge in [-0.2, -0.15) is 0 Å². The maximum atomic E-state index is 14.5. The van der Waals surface area contributed by atoms with Gasteiger partial charge in [0.25, 0.3) is 10.0 Å². The van der Waals surface area contributed by atoms with Crippen LogP contribution in [-0.2, 0) is 32.6 Å². The van der Waals surface area contributed by atoms with Gasteiger partial charge in [0.05, 0.1) is 10.6 Å². The maximum absolute atomic E-state index is 14.5. The van der Waals surface area contributed by atoms with E-state index in [4.69, 9.17) is 0 Å². The molecule has 1 fully saturated rings. The molecule has 0 bridgehead atoms. The van der Waals surface area contributed by atoms with Crippen LogP contribution in [-0.4, -0.2) is 43.8 Å². The number of aryl methyl sites for hydroxylation is 1. The Kier molecular flexibility index (Phi) is 10.3. The third-order valence-electron chi connectivity index (χ3n) is 8.14. The Labute approximate surface area is 264 Å². The van der Waals surface area contributed by atoms with Crippen molar-refractivity contribution in [3.63, 3.8) is 0 Å². The van der Waals surface area contributed by atoms with Gasteiger partial charge in [-0.1, -0.05) is 85.6 Å². The van der Waals surface area contributed by atoms with Crippen molar-refractivity contribution in [3.8, 4) is 0 Å². The summed E-state index contributed by atoms with van der Waals surface area (Å²) in [7, 11) is -4.17. The zero-order valence-electron chi connectivity index (χ0n) is 25.3. The number of carbonyl (C=O) groups excluding carboxylic acids is 2. The number of carbonyl (C=O) groups is 2. The van der Waals surface area contributed by atoms with Crippen molar-refractivity contribution in [1.82, 2.24) is 10.2 Å². The number of hydrogen-bond donors (Lipinski definition) is 1. The normalized spacial score (nSPS) is 14.1. The zero-order valence-corrected chi connectivity index (χ0v) is 26.1. The first-order valence-electron chi connectivity index (χ1n) is 15.2. The molecule has 0 heterocycles. The van der Waals surface area contributed by atoms with Crippen LogP contribution in [0.25, 0.3) is 0 Å². The molecule has 0 spiro atoms. The molecule has 1 N–H and O–H groups in total. The highest BCUT2D eigenvalue weighted by Gasteiger charge is 2.35. The van der Waals surface area contributed by atoms with Crippen LogP contribution in [0.15, 0.2) is 114 Å². The minimum absolute atomic E-state index is 0.0122. The quantitative estimate of drug-likeness (QED) is 0.208. The highest BCUT2D eigenvalue weighted by atomic mass is 32.2. The monoisotopic (exact) mass is 627 g/mol. The number of amides is 2. The van der Waals surface area contributed by atoms with Gasteiger partial charge in [-0.15, -0.1) is 0 Å². The van der Waals surface area contributed by atoms with E-state index >= 15 is 0 Å². The maximum Gasteiger partial charge on any atom is 0.264 e. The number of anilines is 1. The summed E-state index contributed by atoms with van der Waals surface area (Å²) in [4.78, 5) is 30.0. The molecule has 1 saturated carbocycles. The first kappa shape index (κ1) is 31.9. The van der Waals surface area contributed by atoms with Gasteiger partial charge in [0.15, 0.2) is 0 Å². The Hall–Kier alpha value is -4.50. The molecular formula is C36H38FN3O4S. The molecule has 4 aromatic rings. The third-order valence-corrected chi connectivity index (χ3v) is 9.93. The molecule has 7 nitrogen and oxygen atoms in total. The molecule has 0 radical (unpaired) electrons. The van der Waals surface area contributed by atoms with E-state index < -0.39 is 34.3 Å². The molecule has 0 aliphatic heterocycles. The molecular weight excluding hydrogens is 589 g/mol. The van der Waals surface area contributed by atoms with Crippen LogP contribution >= 0.6 is 0 Å². The highest BCUT2D eigenvalue weighted by molar-refractivity contribution is 7.92. The fourth-order valence-corrected chi connectivity index (χ4v) is 7.17. The van der Waals surface area contributed by atoms with Crippen molar-refractivity contribution in [2.45, 2.75) is 62.6 Å². The minimum Gasteiger partial charge on any atom is -0.352 e. The lowest BCUT2D eigenvalue weighted by atomic mass is 10.0. The van der Waals surface area contributed by atoms with Gasteiger partial charge in [0.1, 0.15) is 18.4 Å². The summed E-state index contributed by atoms with van der Waals surface area (Å²) in [6.45, 7) is 1.30. The van der Waals surface area contributed by atoms with Crippen LogP contribution < -0.4 is 9.62 Å². The van der Waals surface area contributed by atoms with E-state index in [0.29, 0.717) is 11.3 Å². The van der Waals surface area contributed by atoms with E-state index in [-0.39, 0.29) is 29.8 Å². The van der Waals surface area contributed by atoms with Crippen molar-refractivity contribution in [1.29, 1.82) is 0 Å². The summed E-state index contributed by atoms with van der Waals surface area (Å²) in [6.07, 6.45) is 4.01. The number of nitrogens with zero attached hydrogens (tertiary/aromatic N) is 2. The minimum atomic E-state index is -4.17. The van der Waals surface area contributed by atoms with Gasteiger partial charge in [-0.3, -0.25) is 13.9 Å². The molecule has 2 amide bonds. The second kappa shape index (κ2) is 14.5. The van der Waals surface area contributed by atoms with E-state index in [9.17, 15) is 22.4 Å². The highest BCUT2D eigenvalue weighted by Crippen LogP contribution is 2.26. The van der Waals surface area contributed by atoms with Crippen molar-refractivity contribution in [3.05, 3.63) is 132 Å². The van der Waals surface area contributed by atoms with Crippen LogP contribution in [0.3, 0.4) is 0 Å². The number of hydrogen-bond acceptors (Lipinski definition) is 4. The summed E-state index contributed by atoms with van der Waals surface area (Å²) in [6, 6.07) is 29.2. The fraction of sp³-hybridized carbons (Fsp3) is 0.278. The van der Waals surface area contributed by atoms with E-state index in [2.05, 4.69) is 5.32 Å². The van der Waals surface area contributed by atoms with Crippen molar-refractivity contribution >= 4 is 27.5 Å². The van der Waals surface area contributed by atoms with Gasteiger partial charge in [-0.25, -0.2) is 12.8 Å². The Morgan fingerprint density at radius 3 is 2.13 bits per heavy atom. The Morgan fingerprint density at radius 1 is 0.844 bits per heavy atom. The summed E-state index contributed by atoms with van der Waals surface area (Å²) in [5.41, 5.74) is 2.64. The lowest BCUT2D eigenvalue weighted by Crippen LogP contribution is -2.54. The smallest absolute Gasteiger partial charge is 0.264 e. The standard InChI is InChI=1S/C36H38FN3O4S/c1-27-11-10-16-32(23-27)40(45(43,44)33-17-6-3-7-18-33)26-35(41)39(25-29-19-21-30(37)22-20-29)34(24-28-12-4-2-5-13-28)36(42)38-31-14-8-9-15-31/h2-7,10-13,16-23,31,34H,8-9,14-15,24-26H2,1H3,(H,38,42). The average Bonchev–Trinajstić information content (AvgIpc) is 3.56. The Balaban J connectivity index is 1.56. The predicted molar refractivity (Wildman–Crippen MR) is 173 cm³/mol. The predicted octanol–water partition coefficient (Wildman–Crippen LogP) is 6.03. The topological polar surface area (TPSA) is 86.8 Å². The molecule has 5 rings (SSSR count). The molecule has 1 aliphatic carbocycles. The average molecular weight is 628 g/mol. The summed E-state index contributed by atoms with van der Waals surface area (Å²) < 4.78 is 43.1. The summed E-state index contributed by atoms with van der Waals surface area (Å²) in [5.74, 6) is -1.27. The number of benzene rings is 4.